The summed E-state index contributed by atoms with van der Waals surface area (Å²) in [5.41, 5.74) is 0. The minimum Gasteiger partial charge on any atom is -0.478 e. The Balaban J connectivity index is 3.67. The molecule has 84 valence electrons. The predicted molar refractivity (Wildman–Crippen MR) is 59.0 cm³/mol. The maximum atomic E-state index is 11.1. The van der Waals surface area contributed by atoms with Crippen LogP contribution in [0.3, 0.4) is 0 Å². The van der Waals surface area contributed by atoms with Crippen LogP contribution in [0.1, 0.15) is 0 Å². The molecule has 0 fully saturated rings. The van der Waals surface area contributed by atoms with Crippen molar-refractivity contribution < 1.29 is 24.0 Å². The summed E-state index contributed by atoms with van der Waals surface area (Å²) in [7, 11) is -0.181. The van der Waals surface area contributed by atoms with Gasteiger partial charge in [0.2, 0.25) is 0 Å². The molecule has 0 aliphatic carbocycles. The summed E-state index contributed by atoms with van der Waals surface area (Å²) in [6, 6.07) is 0. The van der Waals surface area contributed by atoms with Crippen LogP contribution >= 0.6 is 10.8 Å². The summed E-state index contributed by atoms with van der Waals surface area (Å²) < 4.78 is 11.1. The monoisotopic (exact) mass is 250 g/mol. The van der Waals surface area contributed by atoms with Gasteiger partial charge in [-0.3, -0.25) is 0 Å². The van der Waals surface area contributed by atoms with Crippen LogP contribution in [0, 0.1) is 0 Å². The molecule has 0 spiro atoms. The first-order chi connectivity index (χ1) is 7.02. The van der Waals surface area contributed by atoms with Gasteiger partial charge >= 0.3 is 11.9 Å². The Hall–Kier alpha value is -1.08. The second-order valence-electron chi connectivity index (χ2n) is 2.24. The molecule has 0 radical (unpaired) electrons. The molecule has 15 heavy (non-hydrogen) atoms. The summed E-state index contributed by atoms with van der Waals surface area (Å²) in [4.78, 5) is 20.1. The first-order valence-corrected chi connectivity index (χ1v) is 6.65. The van der Waals surface area contributed by atoms with Crippen molar-refractivity contribution in [1.29, 1.82) is 0 Å². The van der Waals surface area contributed by atoms with Gasteiger partial charge in [0.05, 0.1) is 15.6 Å². The van der Waals surface area contributed by atoms with Crippen molar-refractivity contribution in [3.05, 3.63) is 24.3 Å². The highest BCUT2D eigenvalue weighted by Gasteiger charge is 1.96. The molecule has 0 aliphatic rings. The molecule has 1 unspecified atom stereocenters. The van der Waals surface area contributed by atoms with Crippen LogP contribution in [-0.2, 0) is 19.4 Å². The standard InChI is InChI=1S/C8H10O5S2/c9-7(10)3-1-5-14-15(13)6-2-4-8(11)12/h1-4H,5-6H2,(H,9,10)(H,11,12)/b3-1+,4-2+. The van der Waals surface area contributed by atoms with Gasteiger partial charge in [0.25, 0.3) is 0 Å². The van der Waals surface area contributed by atoms with Crippen molar-refractivity contribution in [2.24, 2.45) is 0 Å². The largest absolute Gasteiger partial charge is 0.478 e. The van der Waals surface area contributed by atoms with Gasteiger partial charge in [-0.25, -0.2) is 13.8 Å². The fourth-order valence-electron chi connectivity index (χ4n) is 0.540. The van der Waals surface area contributed by atoms with Crippen LogP contribution in [0.4, 0.5) is 0 Å². The normalized spacial score (nSPS) is 13.3. The number of rotatable bonds is 7. The average molecular weight is 250 g/mol. The van der Waals surface area contributed by atoms with Gasteiger partial charge in [0.1, 0.15) is 0 Å². The van der Waals surface area contributed by atoms with Crippen molar-refractivity contribution in [1.82, 2.24) is 0 Å². The molecule has 1 atom stereocenters. The van der Waals surface area contributed by atoms with E-state index in [9.17, 15) is 13.8 Å². The third kappa shape index (κ3) is 10.8. The van der Waals surface area contributed by atoms with Crippen LogP contribution in [0.5, 0.6) is 0 Å². The van der Waals surface area contributed by atoms with E-state index >= 15 is 0 Å². The Bertz CT molecular complexity index is 308. The summed E-state index contributed by atoms with van der Waals surface area (Å²) in [5, 5.41) is 16.5. The van der Waals surface area contributed by atoms with E-state index in [-0.39, 0.29) is 5.75 Å². The van der Waals surface area contributed by atoms with Crippen LogP contribution in [-0.4, -0.2) is 37.9 Å². The lowest BCUT2D eigenvalue weighted by atomic mass is 10.5. The summed E-state index contributed by atoms with van der Waals surface area (Å²) in [6.45, 7) is 0. The van der Waals surface area contributed by atoms with Crippen molar-refractivity contribution in [3.63, 3.8) is 0 Å². The second kappa shape index (κ2) is 8.25. The molecular formula is C8H10O5S2. The summed E-state index contributed by atoms with van der Waals surface area (Å²) in [5.74, 6) is -1.67. The van der Waals surface area contributed by atoms with Gasteiger partial charge in [-0.1, -0.05) is 22.9 Å². The first-order valence-electron chi connectivity index (χ1n) is 3.83. The van der Waals surface area contributed by atoms with Gasteiger partial charge in [0.15, 0.2) is 0 Å². The highest BCUT2D eigenvalue weighted by Crippen LogP contribution is 2.07. The number of carboxylic acid groups (broad SMARTS) is 2. The molecule has 0 heterocycles. The van der Waals surface area contributed by atoms with E-state index < -0.39 is 21.8 Å². The summed E-state index contributed by atoms with van der Waals surface area (Å²) >= 11 is 0. The fraction of sp³-hybridized carbons (Fsp3) is 0.250. The lowest BCUT2D eigenvalue weighted by Crippen LogP contribution is -1.93. The van der Waals surface area contributed by atoms with Gasteiger partial charge in [-0.2, -0.15) is 0 Å². The molecule has 0 rings (SSSR count). The predicted octanol–water partition coefficient (Wildman–Crippen LogP) is 0.665. The number of aliphatic carboxylic acids is 2. The van der Waals surface area contributed by atoms with E-state index in [1.165, 1.54) is 12.2 Å². The van der Waals surface area contributed by atoms with Crippen molar-refractivity contribution in [2.45, 2.75) is 0 Å². The van der Waals surface area contributed by atoms with Gasteiger partial charge < -0.3 is 10.2 Å². The van der Waals surface area contributed by atoms with Gasteiger partial charge in [-0.15, -0.1) is 0 Å². The number of carboxylic acids is 2. The maximum absolute atomic E-state index is 11.1. The van der Waals surface area contributed by atoms with E-state index in [0.29, 0.717) is 5.75 Å². The zero-order chi connectivity index (χ0) is 11.7. The van der Waals surface area contributed by atoms with E-state index in [1.54, 1.807) is 0 Å². The van der Waals surface area contributed by atoms with Crippen LogP contribution in [0.25, 0.3) is 0 Å². The third-order valence-electron chi connectivity index (χ3n) is 1.05. The minimum absolute atomic E-state index is 0.137. The topological polar surface area (TPSA) is 91.7 Å². The molecule has 0 aliphatic heterocycles. The molecule has 0 aromatic carbocycles. The second-order valence-corrected chi connectivity index (χ2v) is 5.57. The molecule has 0 amide bonds. The minimum atomic E-state index is -1.23. The first kappa shape index (κ1) is 13.9. The van der Waals surface area contributed by atoms with E-state index in [0.717, 1.165) is 22.9 Å². The van der Waals surface area contributed by atoms with Crippen LogP contribution in [0.2, 0.25) is 0 Å². The average Bonchev–Trinajstić information content (AvgIpc) is 2.11. The Labute approximate surface area is 92.7 Å². The summed E-state index contributed by atoms with van der Waals surface area (Å²) in [6.07, 6.45) is 4.57. The lowest BCUT2D eigenvalue weighted by molar-refractivity contribution is -0.132. The van der Waals surface area contributed by atoms with Gasteiger partial charge in [-0.05, 0) is 0 Å². The third-order valence-corrected chi connectivity index (χ3v) is 3.71. The Kier molecular flexibility index (Phi) is 7.65. The van der Waals surface area contributed by atoms with Crippen LogP contribution < -0.4 is 0 Å². The Morgan fingerprint density at radius 1 is 1.13 bits per heavy atom. The molecule has 0 aromatic rings. The van der Waals surface area contributed by atoms with Crippen LogP contribution in [0.15, 0.2) is 24.3 Å². The van der Waals surface area contributed by atoms with Crippen molar-refractivity contribution >= 4 is 32.6 Å². The highest BCUT2D eigenvalue weighted by molar-refractivity contribution is 8.69. The molecule has 0 bridgehead atoms. The van der Waals surface area contributed by atoms with Crippen molar-refractivity contribution in [3.8, 4) is 0 Å². The lowest BCUT2D eigenvalue weighted by Gasteiger charge is -1.93. The SMILES string of the molecule is O=C(O)/C=C/CSS(=O)C/C=C/C(=O)O. The molecule has 7 heteroatoms. The van der Waals surface area contributed by atoms with Crippen molar-refractivity contribution in [2.75, 3.05) is 11.5 Å². The molecule has 0 aromatic heterocycles. The molecule has 0 saturated carbocycles. The van der Waals surface area contributed by atoms with E-state index in [2.05, 4.69) is 0 Å². The highest BCUT2D eigenvalue weighted by atomic mass is 33.1. The molecule has 2 N–H and O–H groups in total. The molecule has 0 saturated heterocycles. The fourth-order valence-corrected chi connectivity index (χ4v) is 2.43. The smallest absolute Gasteiger partial charge is 0.328 e. The Morgan fingerprint density at radius 3 is 2.20 bits per heavy atom. The molecular weight excluding hydrogens is 240 g/mol. The quantitative estimate of drug-likeness (QED) is 0.509. The number of hydrogen-bond donors (Lipinski definition) is 2. The number of carbonyl (C=O) groups is 2. The molecule has 5 nitrogen and oxygen atoms in total. The zero-order valence-corrected chi connectivity index (χ0v) is 9.29. The zero-order valence-electron chi connectivity index (χ0n) is 7.66. The van der Waals surface area contributed by atoms with E-state index in [4.69, 9.17) is 10.2 Å². The van der Waals surface area contributed by atoms with Gasteiger partial charge in [0, 0.05) is 17.9 Å². The Morgan fingerprint density at radius 2 is 1.67 bits per heavy atom. The maximum Gasteiger partial charge on any atom is 0.328 e. The van der Waals surface area contributed by atoms with E-state index in [1.807, 2.05) is 0 Å². The number of hydrogen-bond acceptors (Lipinski definition) is 4.